The second-order valence-corrected chi connectivity index (χ2v) is 8.44. The standard InChI is InChI=1S/C25H28N2O4/c28-20-7-8-23-21(15-20)24-22(16-31-23)27(11-12-30-24)10-4-3-9-26-25(29)19-13-17-5-1-2-6-18(17)14-19/h1-2,5-8,13,15,22,24,28H,3-4,9-12,14,16H2,(H,26,29)/t22-,24?/m0/s1. The molecule has 162 valence electrons. The van der Waals surface area contributed by atoms with E-state index in [2.05, 4.69) is 22.3 Å². The van der Waals surface area contributed by atoms with E-state index in [-0.39, 0.29) is 23.8 Å². The van der Waals surface area contributed by atoms with E-state index < -0.39 is 0 Å². The van der Waals surface area contributed by atoms with Crippen molar-refractivity contribution >= 4 is 12.0 Å². The van der Waals surface area contributed by atoms with Crippen LogP contribution in [0.2, 0.25) is 0 Å². The quantitative estimate of drug-likeness (QED) is 0.703. The van der Waals surface area contributed by atoms with Gasteiger partial charge in [0.05, 0.1) is 12.6 Å². The Morgan fingerprint density at radius 2 is 2.10 bits per heavy atom. The molecule has 0 bridgehead atoms. The van der Waals surface area contributed by atoms with Crippen LogP contribution in [0.3, 0.4) is 0 Å². The van der Waals surface area contributed by atoms with E-state index in [9.17, 15) is 9.90 Å². The van der Waals surface area contributed by atoms with Crippen molar-refractivity contribution in [1.29, 1.82) is 0 Å². The van der Waals surface area contributed by atoms with Crippen molar-refractivity contribution in [2.24, 2.45) is 0 Å². The molecule has 2 atom stereocenters. The van der Waals surface area contributed by atoms with Crippen LogP contribution in [0.4, 0.5) is 0 Å². The molecule has 2 aromatic carbocycles. The van der Waals surface area contributed by atoms with Crippen molar-refractivity contribution in [2.45, 2.75) is 31.4 Å². The topological polar surface area (TPSA) is 71.0 Å². The van der Waals surface area contributed by atoms with Gasteiger partial charge in [-0.3, -0.25) is 9.69 Å². The molecule has 0 aromatic heterocycles. The Labute approximate surface area is 182 Å². The number of nitrogens with one attached hydrogen (secondary N) is 1. The Hall–Kier alpha value is -2.83. The van der Waals surface area contributed by atoms with Crippen LogP contribution >= 0.6 is 0 Å². The summed E-state index contributed by atoms with van der Waals surface area (Å²) in [5.41, 5.74) is 4.15. The summed E-state index contributed by atoms with van der Waals surface area (Å²) in [7, 11) is 0. The number of aromatic hydroxyl groups is 1. The summed E-state index contributed by atoms with van der Waals surface area (Å²) < 4.78 is 12.0. The van der Waals surface area contributed by atoms with Crippen LogP contribution < -0.4 is 10.1 Å². The van der Waals surface area contributed by atoms with Crippen LogP contribution in [-0.4, -0.2) is 54.8 Å². The molecule has 2 N–H and O–H groups in total. The second kappa shape index (κ2) is 8.73. The molecular weight excluding hydrogens is 392 g/mol. The van der Waals surface area contributed by atoms with E-state index in [1.807, 2.05) is 24.3 Å². The summed E-state index contributed by atoms with van der Waals surface area (Å²) in [6.45, 7) is 3.75. The molecule has 1 aliphatic carbocycles. The van der Waals surface area contributed by atoms with E-state index in [1.54, 1.807) is 12.1 Å². The van der Waals surface area contributed by atoms with Crippen LogP contribution in [0.15, 0.2) is 48.0 Å². The highest BCUT2D eigenvalue weighted by molar-refractivity contribution is 6.00. The van der Waals surface area contributed by atoms with Gasteiger partial charge in [-0.15, -0.1) is 0 Å². The largest absolute Gasteiger partial charge is 0.508 e. The van der Waals surface area contributed by atoms with E-state index >= 15 is 0 Å². The van der Waals surface area contributed by atoms with Gasteiger partial charge in [0.25, 0.3) is 0 Å². The Balaban J connectivity index is 1.09. The van der Waals surface area contributed by atoms with Crippen molar-refractivity contribution in [3.05, 3.63) is 64.7 Å². The van der Waals surface area contributed by atoms with Crippen molar-refractivity contribution < 1.29 is 19.4 Å². The number of hydrogen-bond acceptors (Lipinski definition) is 5. The van der Waals surface area contributed by atoms with Gasteiger partial charge in [0.1, 0.15) is 24.2 Å². The molecule has 0 spiro atoms. The first-order valence-electron chi connectivity index (χ1n) is 11.1. The van der Waals surface area contributed by atoms with Crippen molar-refractivity contribution in [3.63, 3.8) is 0 Å². The Morgan fingerprint density at radius 3 is 3.00 bits per heavy atom. The molecule has 2 aromatic rings. The summed E-state index contributed by atoms with van der Waals surface area (Å²) in [5, 5.41) is 12.9. The molecule has 31 heavy (non-hydrogen) atoms. The zero-order valence-corrected chi connectivity index (χ0v) is 17.5. The smallest absolute Gasteiger partial charge is 0.247 e. The highest BCUT2D eigenvalue weighted by Crippen LogP contribution is 2.40. The number of morpholine rings is 1. The maximum Gasteiger partial charge on any atom is 0.247 e. The van der Waals surface area contributed by atoms with Crippen LogP contribution in [-0.2, 0) is 16.0 Å². The summed E-state index contributed by atoms with van der Waals surface area (Å²) >= 11 is 0. The zero-order valence-electron chi connectivity index (χ0n) is 17.5. The summed E-state index contributed by atoms with van der Waals surface area (Å²) in [4.78, 5) is 14.9. The Morgan fingerprint density at radius 1 is 1.19 bits per heavy atom. The lowest BCUT2D eigenvalue weighted by Crippen LogP contribution is -2.52. The molecule has 2 aliphatic heterocycles. The third kappa shape index (κ3) is 4.18. The molecule has 0 radical (unpaired) electrons. The normalized spacial score (nSPS) is 22.0. The SMILES string of the molecule is O=C(NCCCCN1CCOC2c3cc(O)ccc3OC[C@@H]21)C1=Cc2ccccc2C1. The van der Waals surface area contributed by atoms with E-state index in [0.29, 0.717) is 19.8 Å². The monoisotopic (exact) mass is 420 g/mol. The van der Waals surface area contributed by atoms with Gasteiger partial charge < -0.3 is 19.9 Å². The number of fused-ring (bicyclic) bond motifs is 4. The van der Waals surface area contributed by atoms with Gasteiger partial charge in [0.15, 0.2) is 0 Å². The number of carbonyl (C=O) groups excluding carboxylic acids is 1. The summed E-state index contributed by atoms with van der Waals surface area (Å²) in [6, 6.07) is 13.5. The average molecular weight is 421 g/mol. The summed E-state index contributed by atoms with van der Waals surface area (Å²) in [6.07, 6.45) is 4.57. The molecule has 3 aliphatic rings. The maximum atomic E-state index is 12.5. The minimum Gasteiger partial charge on any atom is -0.508 e. The number of carbonyl (C=O) groups is 1. The lowest BCUT2D eigenvalue weighted by molar-refractivity contribution is -0.117. The fraction of sp³-hybridized carbons (Fsp3) is 0.400. The van der Waals surface area contributed by atoms with Crippen molar-refractivity contribution in [2.75, 3.05) is 32.8 Å². The molecule has 1 unspecified atom stereocenters. The maximum absolute atomic E-state index is 12.5. The number of ether oxygens (including phenoxy) is 2. The number of unbranched alkanes of at least 4 members (excludes halogenated alkanes) is 1. The molecule has 1 fully saturated rings. The number of benzene rings is 2. The van der Waals surface area contributed by atoms with Gasteiger partial charge >= 0.3 is 0 Å². The number of phenolic OH excluding ortho intramolecular Hbond substituents is 1. The van der Waals surface area contributed by atoms with Gasteiger partial charge in [-0.05, 0) is 54.8 Å². The number of nitrogens with zero attached hydrogens (tertiary/aromatic N) is 1. The van der Waals surface area contributed by atoms with Crippen LogP contribution in [0.25, 0.3) is 6.08 Å². The van der Waals surface area contributed by atoms with E-state index in [1.165, 1.54) is 5.56 Å². The molecular formula is C25H28N2O4. The molecule has 1 saturated heterocycles. The van der Waals surface area contributed by atoms with Gasteiger partial charge in [-0.25, -0.2) is 0 Å². The van der Waals surface area contributed by atoms with E-state index in [0.717, 1.165) is 54.8 Å². The zero-order chi connectivity index (χ0) is 21.2. The first-order valence-corrected chi connectivity index (χ1v) is 11.1. The van der Waals surface area contributed by atoms with Gasteiger partial charge in [-0.1, -0.05) is 24.3 Å². The fourth-order valence-electron chi connectivity index (χ4n) is 4.78. The number of hydrogen-bond donors (Lipinski definition) is 2. The minimum absolute atomic E-state index is 0.0414. The Bertz CT molecular complexity index is 1000. The van der Waals surface area contributed by atoms with Crippen LogP contribution in [0, 0.1) is 0 Å². The molecule has 6 heteroatoms. The van der Waals surface area contributed by atoms with Crippen LogP contribution in [0.5, 0.6) is 11.5 Å². The Kier molecular flexibility index (Phi) is 5.66. The van der Waals surface area contributed by atoms with Gasteiger partial charge in [0, 0.05) is 30.6 Å². The molecule has 5 rings (SSSR count). The fourth-order valence-corrected chi connectivity index (χ4v) is 4.78. The first kappa shape index (κ1) is 20.1. The average Bonchev–Trinajstić information content (AvgIpc) is 3.23. The van der Waals surface area contributed by atoms with Gasteiger partial charge in [0.2, 0.25) is 5.91 Å². The van der Waals surface area contributed by atoms with Crippen molar-refractivity contribution in [3.8, 4) is 11.5 Å². The highest BCUT2D eigenvalue weighted by atomic mass is 16.5. The first-order chi connectivity index (χ1) is 15.2. The van der Waals surface area contributed by atoms with Gasteiger partial charge in [-0.2, -0.15) is 0 Å². The lowest BCUT2D eigenvalue weighted by Gasteiger charge is -2.44. The summed E-state index contributed by atoms with van der Waals surface area (Å²) in [5.74, 6) is 1.08. The minimum atomic E-state index is -0.0692. The highest BCUT2D eigenvalue weighted by Gasteiger charge is 2.38. The number of phenols is 1. The predicted octanol–water partition coefficient (Wildman–Crippen LogP) is 3.06. The predicted molar refractivity (Wildman–Crippen MR) is 118 cm³/mol. The second-order valence-electron chi connectivity index (χ2n) is 8.44. The van der Waals surface area contributed by atoms with E-state index in [4.69, 9.17) is 9.47 Å². The number of rotatable bonds is 6. The molecule has 6 nitrogen and oxygen atoms in total. The molecule has 0 saturated carbocycles. The lowest BCUT2D eigenvalue weighted by atomic mass is 9.96. The van der Waals surface area contributed by atoms with Crippen molar-refractivity contribution in [1.82, 2.24) is 10.2 Å². The third-order valence-corrected chi connectivity index (χ3v) is 6.42. The molecule has 1 amide bonds. The van der Waals surface area contributed by atoms with Crippen LogP contribution in [0.1, 0.15) is 35.6 Å². The molecule has 2 heterocycles. The number of amides is 1. The third-order valence-electron chi connectivity index (χ3n) is 6.42.